The number of carbonyl (C=O) groups is 2. The maximum atomic E-state index is 12.8. The van der Waals surface area contributed by atoms with Crippen LogP contribution in [0.4, 0.5) is 0 Å². The van der Waals surface area contributed by atoms with Crippen molar-refractivity contribution in [3.63, 3.8) is 0 Å². The van der Waals surface area contributed by atoms with E-state index in [9.17, 15) is 9.59 Å². The van der Waals surface area contributed by atoms with Crippen molar-refractivity contribution in [1.82, 2.24) is 4.90 Å². The lowest BCUT2D eigenvalue weighted by Crippen LogP contribution is -2.57. The number of rotatable bonds is 6. The van der Waals surface area contributed by atoms with E-state index in [1.807, 2.05) is 42.5 Å². The van der Waals surface area contributed by atoms with Crippen molar-refractivity contribution in [2.75, 3.05) is 33.4 Å². The molecule has 0 radical (unpaired) electrons. The summed E-state index contributed by atoms with van der Waals surface area (Å²) in [4.78, 5) is 26.0. The van der Waals surface area contributed by atoms with Crippen molar-refractivity contribution in [3.05, 3.63) is 48.0 Å². The van der Waals surface area contributed by atoms with Gasteiger partial charge in [-0.15, -0.1) is 0 Å². The van der Waals surface area contributed by atoms with E-state index in [0.717, 1.165) is 16.3 Å². The van der Waals surface area contributed by atoms with Gasteiger partial charge >= 0.3 is 0 Å². The standard InChI is InChI=1S/C20H24N2O4/c1-25-14-20(12-18(21)23)13-22(8-9-26-20)19(24)11-15-6-7-16-4-2-3-5-17(16)10-15/h2-7,10H,8-9,11-14H2,1H3,(H2,21,23)/t20-/m1/s1. The van der Waals surface area contributed by atoms with Gasteiger partial charge in [-0.05, 0) is 16.3 Å². The molecule has 1 heterocycles. The molecule has 2 N–H and O–H groups in total. The van der Waals surface area contributed by atoms with Gasteiger partial charge in [0.15, 0.2) is 0 Å². The summed E-state index contributed by atoms with van der Waals surface area (Å²) >= 11 is 0. The summed E-state index contributed by atoms with van der Waals surface area (Å²) in [6.45, 7) is 1.38. The smallest absolute Gasteiger partial charge is 0.227 e. The number of nitrogens with zero attached hydrogens (tertiary/aromatic N) is 1. The lowest BCUT2D eigenvalue weighted by atomic mass is 9.97. The molecule has 0 spiro atoms. The molecule has 138 valence electrons. The molecule has 0 unspecified atom stereocenters. The number of hydrogen-bond donors (Lipinski definition) is 1. The largest absolute Gasteiger partial charge is 0.382 e. The van der Waals surface area contributed by atoms with Gasteiger partial charge in [0.2, 0.25) is 11.8 Å². The minimum atomic E-state index is -0.863. The van der Waals surface area contributed by atoms with Crippen LogP contribution in [0.25, 0.3) is 10.8 Å². The van der Waals surface area contributed by atoms with Gasteiger partial charge in [0, 0.05) is 13.7 Å². The molecule has 0 bridgehead atoms. The van der Waals surface area contributed by atoms with Crippen LogP contribution >= 0.6 is 0 Å². The van der Waals surface area contributed by atoms with Crippen molar-refractivity contribution < 1.29 is 19.1 Å². The maximum Gasteiger partial charge on any atom is 0.227 e. The van der Waals surface area contributed by atoms with Crippen LogP contribution in [0.2, 0.25) is 0 Å². The Bertz CT molecular complexity index is 803. The molecular weight excluding hydrogens is 332 g/mol. The Morgan fingerprint density at radius 2 is 2.00 bits per heavy atom. The van der Waals surface area contributed by atoms with Crippen LogP contribution in [0.15, 0.2) is 42.5 Å². The number of ether oxygens (including phenoxy) is 2. The first kappa shape index (κ1) is 18.4. The molecule has 6 nitrogen and oxygen atoms in total. The van der Waals surface area contributed by atoms with Gasteiger partial charge in [-0.25, -0.2) is 0 Å². The zero-order valence-corrected chi connectivity index (χ0v) is 14.9. The van der Waals surface area contributed by atoms with Crippen molar-refractivity contribution >= 4 is 22.6 Å². The predicted molar refractivity (Wildman–Crippen MR) is 98.6 cm³/mol. The number of nitrogens with two attached hydrogens (primary N) is 1. The van der Waals surface area contributed by atoms with Crippen LogP contribution in [-0.4, -0.2) is 55.7 Å². The van der Waals surface area contributed by atoms with E-state index in [1.165, 1.54) is 0 Å². The van der Waals surface area contributed by atoms with Gasteiger partial charge in [-0.2, -0.15) is 0 Å². The minimum Gasteiger partial charge on any atom is -0.382 e. The second kappa shape index (κ2) is 7.85. The molecule has 0 aliphatic carbocycles. The fourth-order valence-corrected chi connectivity index (χ4v) is 3.52. The molecule has 26 heavy (non-hydrogen) atoms. The number of benzene rings is 2. The number of primary amides is 1. The van der Waals surface area contributed by atoms with Gasteiger partial charge in [0.1, 0.15) is 5.60 Å². The van der Waals surface area contributed by atoms with Crippen molar-refractivity contribution in [2.45, 2.75) is 18.4 Å². The molecule has 1 aliphatic rings. The highest BCUT2D eigenvalue weighted by atomic mass is 16.5. The summed E-state index contributed by atoms with van der Waals surface area (Å²) in [6, 6.07) is 14.1. The fourth-order valence-electron chi connectivity index (χ4n) is 3.52. The number of carbonyl (C=O) groups excluding carboxylic acids is 2. The Labute approximate surface area is 152 Å². The maximum absolute atomic E-state index is 12.8. The Balaban J connectivity index is 1.72. The summed E-state index contributed by atoms with van der Waals surface area (Å²) in [5.41, 5.74) is 5.46. The molecule has 1 saturated heterocycles. The summed E-state index contributed by atoms with van der Waals surface area (Å²) < 4.78 is 11.0. The van der Waals surface area contributed by atoms with Gasteiger partial charge < -0.3 is 20.1 Å². The molecule has 1 fully saturated rings. The molecule has 2 aromatic rings. The van der Waals surface area contributed by atoms with Crippen LogP contribution in [0.3, 0.4) is 0 Å². The van der Waals surface area contributed by atoms with Crippen molar-refractivity contribution in [3.8, 4) is 0 Å². The van der Waals surface area contributed by atoms with Crippen LogP contribution in [0.1, 0.15) is 12.0 Å². The van der Waals surface area contributed by atoms with E-state index in [4.69, 9.17) is 15.2 Å². The number of amides is 2. The van der Waals surface area contributed by atoms with Crippen molar-refractivity contribution in [1.29, 1.82) is 0 Å². The highest BCUT2D eigenvalue weighted by Gasteiger charge is 2.39. The first-order chi connectivity index (χ1) is 12.5. The average molecular weight is 356 g/mol. The molecule has 0 saturated carbocycles. The molecule has 1 atom stereocenters. The summed E-state index contributed by atoms with van der Waals surface area (Å²) in [6.07, 6.45) is 0.338. The van der Waals surface area contributed by atoms with Crippen LogP contribution < -0.4 is 5.73 Å². The molecule has 6 heteroatoms. The fraction of sp³-hybridized carbons (Fsp3) is 0.400. The van der Waals surface area contributed by atoms with Crippen LogP contribution in [0.5, 0.6) is 0 Å². The Hall–Kier alpha value is -2.44. The normalized spacial score (nSPS) is 20.3. The average Bonchev–Trinajstić information content (AvgIpc) is 2.61. The van der Waals surface area contributed by atoms with Crippen molar-refractivity contribution in [2.24, 2.45) is 5.73 Å². The van der Waals surface area contributed by atoms with E-state index >= 15 is 0 Å². The first-order valence-electron chi connectivity index (χ1n) is 8.68. The third kappa shape index (κ3) is 4.20. The highest BCUT2D eigenvalue weighted by Crippen LogP contribution is 2.24. The van der Waals surface area contributed by atoms with Gasteiger partial charge in [0.25, 0.3) is 0 Å². The van der Waals surface area contributed by atoms with E-state index < -0.39 is 11.5 Å². The molecular formula is C20H24N2O4. The third-order valence-electron chi connectivity index (χ3n) is 4.67. The van der Waals surface area contributed by atoms with Gasteiger partial charge in [-0.1, -0.05) is 42.5 Å². The quantitative estimate of drug-likeness (QED) is 0.850. The zero-order valence-electron chi connectivity index (χ0n) is 14.9. The lowest BCUT2D eigenvalue weighted by Gasteiger charge is -2.41. The monoisotopic (exact) mass is 356 g/mol. The van der Waals surface area contributed by atoms with E-state index in [2.05, 4.69) is 0 Å². The Morgan fingerprint density at radius 1 is 1.23 bits per heavy atom. The van der Waals surface area contributed by atoms with E-state index in [1.54, 1.807) is 12.0 Å². The molecule has 3 rings (SSSR count). The molecule has 2 aromatic carbocycles. The Kier molecular flexibility index (Phi) is 5.54. The third-order valence-corrected chi connectivity index (χ3v) is 4.67. The molecule has 0 aromatic heterocycles. The van der Waals surface area contributed by atoms with E-state index in [-0.39, 0.29) is 18.9 Å². The van der Waals surface area contributed by atoms with Crippen LogP contribution in [0, 0.1) is 0 Å². The zero-order chi connectivity index (χ0) is 18.6. The minimum absolute atomic E-state index is 0.00790. The number of hydrogen-bond acceptors (Lipinski definition) is 4. The predicted octanol–water partition coefficient (Wildman–Crippen LogP) is 1.50. The molecule has 2 amide bonds. The van der Waals surface area contributed by atoms with Gasteiger partial charge in [0.05, 0.1) is 32.6 Å². The van der Waals surface area contributed by atoms with E-state index in [0.29, 0.717) is 26.1 Å². The highest BCUT2D eigenvalue weighted by molar-refractivity contribution is 5.85. The Morgan fingerprint density at radius 3 is 2.73 bits per heavy atom. The van der Waals surface area contributed by atoms with Crippen LogP contribution in [-0.2, 0) is 25.5 Å². The summed E-state index contributed by atoms with van der Waals surface area (Å²) in [7, 11) is 1.54. The van der Waals surface area contributed by atoms with Gasteiger partial charge in [-0.3, -0.25) is 9.59 Å². The summed E-state index contributed by atoms with van der Waals surface area (Å²) in [5, 5.41) is 2.26. The SMILES string of the molecule is COC[C@@]1(CC(N)=O)CN(C(=O)Cc2ccc3ccccc3c2)CCO1. The summed E-state index contributed by atoms with van der Waals surface area (Å²) in [5.74, 6) is -0.459. The second-order valence-corrected chi connectivity index (χ2v) is 6.78. The number of methoxy groups -OCH3 is 1. The molecule has 1 aliphatic heterocycles. The first-order valence-corrected chi connectivity index (χ1v) is 8.68. The second-order valence-electron chi connectivity index (χ2n) is 6.78. The topological polar surface area (TPSA) is 81.9 Å². The number of fused-ring (bicyclic) bond motifs is 1. The number of morpholine rings is 1. The lowest BCUT2D eigenvalue weighted by molar-refractivity contribution is -0.165.